The molecule has 6 aromatic rings. The first-order valence-electron chi connectivity index (χ1n) is 18.8. The Kier molecular flexibility index (Phi) is 14.1. The second kappa shape index (κ2) is 18.8. The average molecular weight is 965 g/mol. The summed E-state index contributed by atoms with van der Waals surface area (Å²) in [7, 11) is -9.31. The monoisotopic (exact) mass is 962 g/mol. The molecule has 4 aromatic carbocycles. The van der Waals surface area contributed by atoms with Crippen LogP contribution in [-0.4, -0.2) is 45.5 Å². The highest BCUT2D eigenvalue weighted by Crippen LogP contribution is 2.39. The average Bonchev–Trinajstić information content (AvgIpc) is 3.66. The minimum atomic E-state index is -4.66. The van der Waals surface area contributed by atoms with Crippen LogP contribution >= 0.6 is 46.4 Å². The third-order valence-electron chi connectivity index (χ3n) is 10.1. The molecule has 0 spiro atoms. The summed E-state index contributed by atoms with van der Waals surface area (Å²) in [6.45, 7) is 7.53. The number of hydrogen-bond acceptors (Lipinski definition) is 10. The van der Waals surface area contributed by atoms with Crippen LogP contribution in [0.3, 0.4) is 0 Å². The standard InChI is InChI=1S/C40H38Cl4N8O8S2/c1-5-7-8-23(6-2)36(24-9-13-26(14-10-24)45-47-37-21(3)49-51(39(37)53)32-17-30(43)34(19-28(32)41)61(55,56)57)25-11-15-27(16-12-25)46-48-38-22(4)50-52(40(38)54)33-18-31(44)35(20-29(33)42)62(58,59)60/h9-20,23,36,49-50H,5-8H2,1-4H3,(H,55,56,57)(H,58,59,60). The number of nitrogens with zero attached hydrogens (tertiary/aromatic N) is 6. The van der Waals surface area contributed by atoms with Gasteiger partial charge < -0.3 is 0 Å². The van der Waals surface area contributed by atoms with E-state index in [-0.39, 0.29) is 54.7 Å². The molecule has 0 aliphatic carbocycles. The lowest BCUT2D eigenvalue weighted by molar-refractivity contribution is 0.406. The number of hydrogen-bond donors (Lipinski definition) is 4. The Morgan fingerprint density at radius 1 is 0.613 bits per heavy atom. The number of aromatic nitrogens is 4. The van der Waals surface area contributed by atoms with E-state index in [1.807, 2.05) is 48.5 Å². The molecular formula is C40H38Cl4N8O8S2. The van der Waals surface area contributed by atoms with E-state index in [2.05, 4.69) is 44.5 Å². The van der Waals surface area contributed by atoms with Gasteiger partial charge in [0.2, 0.25) is 0 Å². The zero-order valence-corrected chi connectivity index (χ0v) is 37.9. The topological polar surface area (TPSA) is 234 Å². The van der Waals surface area contributed by atoms with Crippen LogP contribution in [-0.2, 0) is 20.2 Å². The van der Waals surface area contributed by atoms with Crippen LogP contribution in [0.15, 0.2) is 113 Å². The van der Waals surface area contributed by atoms with Crippen molar-refractivity contribution in [3.8, 4) is 11.4 Å². The van der Waals surface area contributed by atoms with E-state index in [4.69, 9.17) is 46.4 Å². The number of rotatable bonds is 15. The van der Waals surface area contributed by atoms with Crippen LogP contribution in [0.1, 0.15) is 68.0 Å². The van der Waals surface area contributed by atoms with Gasteiger partial charge in [-0.05, 0) is 85.8 Å². The van der Waals surface area contributed by atoms with Crippen molar-refractivity contribution in [3.63, 3.8) is 0 Å². The van der Waals surface area contributed by atoms with Crippen LogP contribution in [0.5, 0.6) is 0 Å². The first-order chi connectivity index (χ1) is 29.2. The van der Waals surface area contributed by atoms with Crippen LogP contribution in [0.25, 0.3) is 11.4 Å². The summed E-state index contributed by atoms with van der Waals surface area (Å²) < 4.78 is 67.6. The van der Waals surface area contributed by atoms with Crippen molar-refractivity contribution in [3.05, 3.63) is 136 Å². The van der Waals surface area contributed by atoms with E-state index in [0.29, 0.717) is 22.8 Å². The zero-order chi connectivity index (χ0) is 45.3. The summed E-state index contributed by atoms with van der Waals surface area (Å²) in [5.41, 5.74) is 2.57. The number of nitrogens with one attached hydrogen (secondary N) is 2. The highest BCUT2D eigenvalue weighted by molar-refractivity contribution is 7.86. The number of aromatic amines is 2. The highest BCUT2D eigenvalue weighted by atomic mass is 35.5. The molecule has 0 saturated carbocycles. The number of halogens is 4. The lowest BCUT2D eigenvalue weighted by atomic mass is 9.77. The second-order valence-electron chi connectivity index (χ2n) is 14.2. The van der Waals surface area contributed by atoms with Gasteiger partial charge in [-0.3, -0.25) is 28.9 Å². The Morgan fingerprint density at radius 2 is 1.00 bits per heavy atom. The summed E-state index contributed by atoms with van der Waals surface area (Å²) >= 11 is 24.7. The molecule has 1 atom stereocenters. The summed E-state index contributed by atoms with van der Waals surface area (Å²) in [5, 5.41) is 21.8. The molecule has 2 heterocycles. The van der Waals surface area contributed by atoms with Crippen molar-refractivity contribution in [2.45, 2.75) is 69.1 Å². The van der Waals surface area contributed by atoms with Crippen molar-refractivity contribution in [2.24, 2.45) is 26.4 Å². The van der Waals surface area contributed by atoms with Gasteiger partial charge in [-0.1, -0.05) is 104 Å². The Labute approximate surface area is 375 Å². The SMILES string of the molecule is CCCCC(CC)C(c1ccc(N=Nc2c(C)[nH]n(-c3cc(Cl)c(S(=O)(=O)O)cc3Cl)c2=O)cc1)c1ccc(N=Nc2c(C)[nH]n(-c3cc(Cl)c(S(=O)(=O)O)cc3Cl)c2=O)cc1. The number of unbranched alkanes of at least 4 members (excludes halogenated alkanes) is 1. The van der Waals surface area contributed by atoms with Gasteiger partial charge in [0.25, 0.3) is 31.4 Å². The minimum absolute atomic E-state index is 0.00525. The van der Waals surface area contributed by atoms with E-state index >= 15 is 0 Å². The molecule has 326 valence electrons. The largest absolute Gasteiger partial charge is 0.299 e. The molecule has 16 nitrogen and oxygen atoms in total. The Balaban J connectivity index is 1.25. The summed E-state index contributed by atoms with van der Waals surface area (Å²) in [4.78, 5) is 25.6. The Bertz CT molecular complexity index is 2870. The van der Waals surface area contributed by atoms with Crippen LogP contribution < -0.4 is 11.1 Å². The second-order valence-corrected chi connectivity index (χ2v) is 18.7. The molecule has 6 rings (SSSR count). The molecule has 4 N–H and O–H groups in total. The third-order valence-corrected chi connectivity index (χ3v) is 13.3. The van der Waals surface area contributed by atoms with Crippen LogP contribution in [0.2, 0.25) is 20.1 Å². The first-order valence-corrected chi connectivity index (χ1v) is 23.2. The van der Waals surface area contributed by atoms with Crippen molar-refractivity contribution in [1.29, 1.82) is 0 Å². The van der Waals surface area contributed by atoms with E-state index in [1.165, 1.54) is 0 Å². The van der Waals surface area contributed by atoms with Crippen molar-refractivity contribution in [2.75, 3.05) is 0 Å². The summed E-state index contributed by atoms with van der Waals surface area (Å²) in [5.74, 6) is 0.282. The number of azo groups is 2. The van der Waals surface area contributed by atoms with E-state index < -0.39 is 41.1 Å². The maximum absolute atomic E-state index is 13.4. The van der Waals surface area contributed by atoms with Gasteiger partial charge in [0.1, 0.15) is 9.79 Å². The third kappa shape index (κ3) is 9.97. The molecule has 22 heteroatoms. The molecule has 62 heavy (non-hydrogen) atoms. The van der Waals surface area contributed by atoms with Crippen LogP contribution in [0, 0.1) is 19.8 Å². The lowest BCUT2D eigenvalue weighted by Crippen LogP contribution is -2.15. The van der Waals surface area contributed by atoms with Gasteiger partial charge in [0, 0.05) is 5.92 Å². The van der Waals surface area contributed by atoms with Gasteiger partial charge >= 0.3 is 0 Å². The zero-order valence-electron chi connectivity index (χ0n) is 33.3. The van der Waals surface area contributed by atoms with Gasteiger partial charge in [-0.25, -0.2) is 9.36 Å². The molecule has 0 bridgehead atoms. The highest BCUT2D eigenvalue weighted by Gasteiger charge is 2.25. The lowest BCUT2D eigenvalue weighted by Gasteiger charge is -2.27. The fraction of sp³-hybridized carbons (Fsp3) is 0.250. The molecule has 0 aliphatic rings. The molecule has 0 fully saturated rings. The molecule has 1 unspecified atom stereocenters. The molecular weight excluding hydrogens is 926 g/mol. The Morgan fingerprint density at radius 3 is 1.34 bits per heavy atom. The fourth-order valence-corrected chi connectivity index (χ4v) is 9.62. The molecule has 0 radical (unpaired) electrons. The molecule has 2 aromatic heterocycles. The van der Waals surface area contributed by atoms with Gasteiger partial charge in [0.15, 0.2) is 11.4 Å². The normalized spacial score (nSPS) is 13.4. The van der Waals surface area contributed by atoms with E-state index in [1.54, 1.807) is 13.8 Å². The van der Waals surface area contributed by atoms with E-state index in [9.17, 15) is 35.5 Å². The Hall–Kier alpha value is -4.92. The maximum atomic E-state index is 13.4. The van der Waals surface area contributed by atoms with E-state index in [0.717, 1.165) is 70.4 Å². The van der Waals surface area contributed by atoms with Gasteiger partial charge in [-0.15, -0.1) is 10.2 Å². The quantitative estimate of drug-likeness (QED) is 0.0569. The van der Waals surface area contributed by atoms with Gasteiger partial charge in [-0.2, -0.15) is 27.1 Å². The summed E-state index contributed by atoms with van der Waals surface area (Å²) in [6, 6.07) is 19.3. The number of H-pyrrole nitrogens is 2. The van der Waals surface area contributed by atoms with Crippen molar-refractivity contribution in [1.82, 2.24) is 19.6 Å². The first kappa shape index (κ1) is 46.6. The number of benzene rings is 4. The molecule has 0 amide bonds. The minimum Gasteiger partial charge on any atom is -0.293 e. The maximum Gasteiger partial charge on any atom is 0.299 e. The smallest absolute Gasteiger partial charge is 0.293 e. The molecule has 0 saturated heterocycles. The summed E-state index contributed by atoms with van der Waals surface area (Å²) in [6.07, 6.45) is 3.97. The van der Waals surface area contributed by atoms with Crippen molar-refractivity contribution >= 4 is 89.4 Å². The molecule has 0 aliphatic heterocycles. The predicted molar refractivity (Wildman–Crippen MR) is 238 cm³/mol. The fourth-order valence-electron chi connectivity index (χ4n) is 6.95. The van der Waals surface area contributed by atoms with Gasteiger partial charge in [0.05, 0.1) is 54.2 Å². The van der Waals surface area contributed by atoms with Crippen LogP contribution in [0.4, 0.5) is 22.7 Å². The number of aryl methyl sites for hydroxylation is 2. The predicted octanol–water partition coefficient (Wildman–Crippen LogP) is 11.5. The van der Waals surface area contributed by atoms with Crippen molar-refractivity contribution < 1.29 is 25.9 Å².